The number of aryl methyl sites for hydroxylation is 1. The molecule has 0 amide bonds. The van der Waals surface area contributed by atoms with E-state index in [1.54, 1.807) is 11.8 Å². The summed E-state index contributed by atoms with van der Waals surface area (Å²) in [7, 11) is 0. The van der Waals surface area contributed by atoms with Gasteiger partial charge in [-0.3, -0.25) is 0 Å². The molecule has 0 bridgehead atoms. The highest BCUT2D eigenvalue weighted by atomic mass is 35.5. The largest absolute Gasteiger partial charge is 0.329 e. The summed E-state index contributed by atoms with van der Waals surface area (Å²) in [6, 6.07) is 6.08. The maximum absolute atomic E-state index is 5.95. The van der Waals surface area contributed by atoms with Crippen molar-refractivity contribution in [2.24, 2.45) is 5.73 Å². The van der Waals surface area contributed by atoms with Gasteiger partial charge >= 0.3 is 0 Å². The minimum Gasteiger partial charge on any atom is -0.329 e. The Kier molecular flexibility index (Phi) is 3.87. The van der Waals surface area contributed by atoms with Gasteiger partial charge in [-0.1, -0.05) is 11.6 Å². The van der Waals surface area contributed by atoms with Crippen LogP contribution in [0.15, 0.2) is 23.1 Å². The van der Waals surface area contributed by atoms with Crippen molar-refractivity contribution < 1.29 is 0 Å². The molecule has 0 unspecified atom stereocenters. The van der Waals surface area contributed by atoms with E-state index in [-0.39, 0.29) is 4.75 Å². The van der Waals surface area contributed by atoms with Crippen LogP contribution in [0.4, 0.5) is 0 Å². The lowest BCUT2D eigenvalue weighted by molar-refractivity contribution is 0.723. The van der Waals surface area contributed by atoms with Gasteiger partial charge in [0.2, 0.25) is 0 Å². The molecule has 3 heteroatoms. The third-order valence-corrected chi connectivity index (χ3v) is 3.65. The van der Waals surface area contributed by atoms with Gasteiger partial charge in [0, 0.05) is 21.2 Å². The van der Waals surface area contributed by atoms with Crippen molar-refractivity contribution in [2.45, 2.75) is 30.4 Å². The molecule has 0 saturated carbocycles. The smallest absolute Gasteiger partial charge is 0.0435 e. The first-order valence-electron chi connectivity index (χ1n) is 4.60. The molecule has 78 valence electrons. The Morgan fingerprint density at radius 3 is 2.57 bits per heavy atom. The number of benzene rings is 1. The average molecular weight is 230 g/mol. The summed E-state index contributed by atoms with van der Waals surface area (Å²) in [5, 5.41) is 0.819. The number of hydrogen-bond acceptors (Lipinski definition) is 2. The first-order chi connectivity index (χ1) is 6.44. The molecule has 0 saturated heterocycles. The lowest BCUT2D eigenvalue weighted by Crippen LogP contribution is -2.26. The van der Waals surface area contributed by atoms with E-state index in [0.29, 0.717) is 6.54 Å². The molecule has 2 N–H and O–H groups in total. The van der Waals surface area contributed by atoms with Crippen LogP contribution in [0.25, 0.3) is 0 Å². The Morgan fingerprint density at radius 2 is 2.07 bits per heavy atom. The lowest BCUT2D eigenvalue weighted by Gasteiger charge is -2.21. The molecular formula is C11H16ClNS. The summed E-state index contributed by atoms with van der Waals surface area (Å²) in [5.74, 6) is 0. The fourth-order valence-electron chi connectivity index (χ4n) is 1.04. The van der Waals surface area contributed by atoms with Crippen molar-refractivity contribution in [1.82, 2.24) is 0 Å². The first-order valence-corrected chi connectivity index (χ1v) is 5.79. The van der Waals surface area contributed by atoms with Crippen molar-refractivity contribution in [3.8, 4) is 0 Å². The van der Waals surface area contributed by atoms with E-state index in [1.807, 2.05) is 19.1 Å². The third-order valence-electron chi connectivity index (χ3n) is 2.02. The van der Waals surface area contributed by atoms with Crippen LogP contribution in [-0.4, -0.2) is 11.3 Å². The predicted molar refractivity (Wildman–Crippen MR) is 65.2 cm³/mol. The quantitative estimate of drug-likeness (QED) is 0.804. The van der Waals surface area contributed by atoms with Crippen LogP contribution in [0.1, 0.15) is 19.4 Å². The Bertz CT molecular complexity index is 323. The van der Waals surface area contributed by atoms with Crippen LogP contribution in [0.3, 0.4) is 0 Å². The van der Waals surface area contributed by atoms with Crippen molar-refractivity contribution >= 4 is 23.4 Å². The Morgan fingerprint density at radius 1 is 1.43 bits per heavy atom. The van der Waals surface area contributed by atoms with Gasteiger partial charge in [0.25, 0.3) is 0 Å². The number of hydrogen-bond donors (Lipinski definition) is 1. The molecule has 1 rings (SSSR count). The second-order valence-electron chi connectivity index (χ2n) is 3.98. The van der Waals surface area contributed by atoms with Gasteiger partial charge in [0.05, 0.1) is 0 Å². The molecule has 0 radical (unpaired) electrons. The zero-order chi connectivity index (χ0) is 10.8. The molecule has 0 heterocycles. The van der Waals surface area contributed by atoms with Gasteiger partial charge in [0.15, 0.2) is 0 Å². The van der Waals surface area contributed by atoms with Gasteiger partial charge in [0.1, 0.15) is 0 Å². The minimum absolute atomic E-state index is 0.0836. The van der Waals surface area contributed by atoms with E-state index in [4.69, 9.17) is 17.3 Å². The van der Waals surface area contributed by atoms with E-state index in [0.717, 1.165) is 10.6 Å². The van der Waals surface area contributed by atoms with Crippen LogP contribution in [-0.2, 0) is 0 Å². The maximum atomic E-state index is 5.95. The molecule has 1 aromatic carbocycles. The monoisotopic (exact) mass is 229 g/mol. The van der Waals surface area contributed by atoms with Gasteiger partial charge in [-0.25, -0.2) is 0 Å². The normalized spacial score (nSPS) is 11.8. The Balaban J connectivity index is 2.83. The molecule has 0 atom stereocenters. The molecule has 0 spiro atoms. The lowest BCUT2D eigenvalue weighted by atomic mass is 10.2. The highest BCUT2D eigenvalue weighted by Gasteiger charge is 2.17. The molecule has 14 heavy (non-hydrogen) atoms. The fourth-order valence-corrected chi connectivity index (χ4v) is 2.25. The fraction of sp³-hybridized carbons (Fsp3) is 0.455. The van der Waals surface area contributed by atoms with Gasteiger partial charge in [-0.15, -0.1) is 11.8 Å². The zero-order valence-corrected chi connectivity index (χ0v) is 10.4. The molecule has 0 aromatic heterocycles. The van der Waals surface area contributed by atoms with Gasteiger partial charge in [-0.2, -0.15) is 0 Å². The van der Waals surface area contributed by atoms with Crippen LogP contribution in [0.2, 0.25) is 5.02 Å². The van der Waals surface area contributed by atoms with Crippen LogP contribution in [0, 0.1) is 6.92 Å². The first kappa shape index (κ1) is 11.9. The predicted octanol–water partition coefficient (Wildman–Crippen LogP) is 3.48. The van der Waals surface area contributed by atoms with Crippen molar-refractivity contribution in [2.75, 3.05) is 6.54 Å². The van der Waals surface area contributed by atoms with Crippen molar-refractivity contribution in [3.05, 3.63) is 28.8 Å². The van der Waals surface area contributed by atoms with Crippen LogP contribution >= 0.6 is 23.4 Å². The summed E-state index contributed by atoms with van der Waals surface area (Å²) in [4.78, 5) is 1.22. The van der Waals surface area contributed by atoms with E-state index >= 15 is 0 Å². The molecule has 0 fully saturated rings. The molecule has 0 aliphatic carbocycles. The SMILES string of the molecule is Cc1cc(SC(C)(C)CN)ccc1Cl. The third kappa shape index (κ3) is 3.19. The highest BCUT2D eigenvalue weighted by Crippen LogP contribution is 2.33. The zero-order valence-electron chi connectivity index (χ0n) is 8.80. The number of nitrogens with two attached hydrogens (primary N) is 1. The van der Waals surface area contributed by atoms with E-state index < -0.39 is 0 Å². The number of thioether (sulfide) groups is 1. The van der Waals surface area contributed by atoms with E-state index in [1.165, 1.54) is 4.90 Å². The van der Waals surface area contributed by atoms with E-state index in [9.17, 15) is 0 Å². The second-order valence-corrected chi connectivity index (χ2v) is 6.16. The Hall–Kier alpha value is -0.180. The van der Waals surface area contributed by atoms with Crippen molar-refractivity contribution in [3.63, 3.8) is 0 Å². The van der Waals surface area contributed by atoms with Crippen LogP contribution in [0.5, 0.6) is 0 Å². The minimum atomic E-state index is 0.0836. The topological polar surface area (TPSA) is 26.0 Å². The summed E-state index contributed by atoms with van der Waals surface area (Å²) >= 11 is 7.74. The second kappa shape index (κ2) is 4.56. The van der Waals surface area contributed by atoms with Gasteiger partial charge in [-0.05, 0) is 44.5 Å². The Labute approximate surface area is 95.0 Å². The standard InChI is InChI=1S/C11H16ClNS/c1-8-6-9(4-5-10(8)12)14-11(2,3)7-13/h4-6H,7,13H2,1-3H3. The summed E-state index contributed by atoms with van der Waals surface area (Å²) < 4.78 is 0.0836. The molecule has 1 nitrogen and oxygen atoms in total. The molecule has 0 aliphatic rings. The van der Waals surface area contributed by atoms with Crippen LogP contribution < -0.4 is 5.73 Å². The maximum Gasteiger partial charge on any atom is 0.0435 e. The van der Waals surface area contributed by atoms with E-state index in [2.05, 4.69) is 19.9 Å². The number of rotatable bonds is 3. The van der Waals surface area contributed by atoms with Crippen molar-refractivity contribution in [1.29, 1.82) is 0 Å². The average Bonchev–Trinajstić information content (AvgIpc) is 2.11. The molecule has 0 aliphatic heterocycles. The summed E-state index contributed by atoms with van der Waals surface area (Å²) in [6.07, 6.45) is 0. The summed E-state index contributed by atoms with van der Waals surface area (Å²) in [5.41, 5.74) is 6.79. The number of halogens is 1. The highest BCUT2D eigenvalue weighted by molar-refractivity contribution is 8.00. The molecule has 1 aromatic rings. The van der Waals surface area contributed by atoms with Gasteiger partial charge < -0.3 is 5.73 Å². The molecular weight excluding hydrogens is 214 g/mol. The summed E-state index contributed by atoms with van der Waals surface area (Å²) in [6.45, 7) is 6.96.